The maximum absolute atomic E-state index is 6.00. The Morgan fingerprint density at radius 1 is 1.37 bits per heavy atom. The van der Waals surface area contributed by atoms with E-state index in [-0.39, 0.29) is 0 Å². The van der Waals surface area contributed by atoms with Crippen LogP contribution in [0.2, 0.25) is 5.15 Å². The molecule has 1 aromatic rings. The molecule has 1 aliphatic rings. The van der Waals surface area contributed by atoms with E-state index in [0.29, 0.717) is 5.15 Å². The number of aromatic nitrogens is 2. The zero-order chi connectivity index (χ0) is 13.5. The van der Waals surface area contributed by atoms with E-state index in [9.17, 15) is 0 Å². The molecule has 0 aliphatic carbocycles. The van der Waals surface area contributed by atoms with Crippen LogP contribution in [0.4, 0.5) is 11.5 Å². The summed E-state index contributed by atoms with van der Waals surface area (Å²) in [5.41, 5.74) is 0.739. The normalized spacial score (nSPS) is 16.9. The molecule has 2 heterocycles. The molecule has 0 amide bonds. The van der Waals surface area contributed by atoms with Crippen molar-refractivity contribution >= 4 is 23.1 Å². The molecule has 0 aromatic carbocycles. The standard InChI is InChI=1S/C12H20ClN5O/c1-14-10-11(13)16-9-17-12(10)15-3-5-18-4-2-7-19-8-6-18/h9,14H,2-8H2,1H3,(H,15,16,17). The van der Waals surface area contributed by atoms with Crippen molar-refractivity contribution in [2.75, 3.05) is 57.1 Å². The highest BCUT2D eigenvalue weighted by molar-refractivity contribution is 6.32. The molecular formula is C12H20ClN5O. The molecule has 2 N–H and O–H groups in total. The first-order valence-corrected chi connectivity index (χ1v) is 6.91. The van der Waals surface area contributed by atoms with Gasteiger partial charge in [0.1, 0.15) is 12.0 Å². The molecule has 106 valence electrons. The monoisotopic (exact) mass is 285 g/mol. The third-order valence-electron chi connectivity index (χ3n) is 3.09. The predicted octanol–water partition coefficient (Wildman–Crippen LogP) is 1.31. The Morgan fingerprint density at radius 3 is 3.11 bits per heavy atom. The van der Waals surface area contributed by atoms with E-state index in [1.165, 1.54) is 6.33 Å². The lowest BCUT2D eigenvalue weighted by Gasteiger charge is -2.19. The highest BCUT2D eigenvalue weighted by atomic mass is 35.5. The molecule has 7 heteroatoms. The first-order chi connectivity index (χ1) is 9.31. The second-order valence-electron chi connectivity index (χ2n) is 4.37. The Kier molecular flexibility index (Phi) is 5.62. The van der Waals surface area contributed by atoms with Gasteiger partial charge in [-0.1, -0.05) is 11.6 Å². The Bertz CT molecular complexity index is 396. The summed E-state index contributed by atoms with van der Waals surface area (Å²) in [5.74, 6) is 0.744. The molecule has 6 nitrogen and oxygen atoms in total. The van der Waals surface area contributed by atoms with Crippen molar-refractivity contribution in [1.29, 1.82) is 0 Å². The summed E-state index contributed by atoms with van der Waals surface area (Å²) < 4.78 is 5.43. The van der Waals surface area contributed by atoms with Gasteiger partial charge in [0.05, 0.1) is 6.61 Å². The van der Waals surface area contributed by atoms with Crippen LogP contribution in [0.5, 0.6) is 0 Å². The van der Waals surface area contributed by atoms with Gasteiger partial charge in [0.25, 0.3) is 0 Å². The summed E-state index contributed by atoms with van der Waals surface area (Å²) >= 11 is 6.00. The lowest BCUT2D eigenvalue weighted by molar-refractivity contribution is 0.142. The summed E-state index contributed by atoms with van der Waals surface area (Å²) in [6.45, 7) is 5.56. The maximum Gasteiger partial charge on any atom is 0.157 e. The van der Waals surface area contributed by atoms with Crippen molar-refractivity contribution in [2.24, 2.45) is 0 Å². The summed E-state index contributed by atoms with van der Waals surface area (Å²) in [5, 5.41) is 6.73. The van der Waals surface area contributed by atoms with Crippen molar-refractivity contribution < 1.29 is 4.74 Å². The quantitative estimate of drug-likeness (QED) is 0.796. The van der Waals surface area contributed by atoms with Crippen LogP contribution in [-0.4, -0.2) is 61.3 Å². The molecular weight excluding hydrogens is 266 g/mol. The van der Waals surface area contributed by atoms with Gasteiger partial charge < -0.3 is 15.4 Å². The van der Waals surface area contributed by atoms with Gasteiger partial charge >= 0.3 is 0 Å². The van der Waals surface area contributed by atoms with Crippen molar-refractivity contribution in [1.82, 2.24) is 14.9 Å². The average Bonchev–Trinajstić information content (AvgIpc) is 2.68. The highest BCUT2D eigenvalue weighted by Gasteiger charge is 2.10. The van der Waals surface area contributed by atoms with Gasteiger partial charge in [-0.15, -0.1) is 0 Å². The molecule has 1 fully saturated rings. The van der Waals surface area contributed by atoms with Crippen LogP contribution in [-0.2, 0) is 4.74 Å². The molecule has 19 heavy (non-hydrogen) atoms. The molecule has 0 bridgehead atoms. The minimum Gasteiger partial charge on any atom is -0.383 e. The van der Waals surface area contributed by atoms with Gasteiger partial charge in [-0.3, -0.25) is 4.90 Å². The van der Waals surface area contributed by atoms with E-state index < -0.39 is 0 Å². The fourth-order valence-corrected chi connectivity index (χ4v) is 2.30. The lowest BCUT2D eigenvalue weighted by atomic mass is 10.4. The average molecular weight is 286 g/mol. The number of nitrogens with zero attached hydrogens (tertiary/aromatic N) is 3. The smallest absolute Gasteiger partial charge is 0.157 e. The van der Waals surface area contributed by atoms with Gasteiger partial charge in [0.2, 0.25) is 0 Å². The number of halogens is 1. The van der Waals surface area contributed by atoms with Gasteiger partial charge in [-0.2, -0.15) is 0 Å². The summed E-state index contributed by atoms with van der Waals surface area (Å²) in [7, 11) is 1.81. The van der Waals surface area contributed by atoms with Crippen LogP contribution < -0.4 is 10.6 Å². The van der Waals surface area contributed by atoms with Gasteiger partial charge in [0.15, 0.2) is 11.0 Å². The molecule has 0 atom stereocenters. The van der Waals surface area contributed by atoms with Crippen molar-refractivity contribution in [2.45, 2.75) is 6.42 Å². The summed E-state index contributed by atoms with van der Waals surface area (Å²) in [4.78, 5) is 10.5. The fourth-order valence-electron chi connectivity index (χ4n) is 2.07. The Balaban J connectivity index is 1.83. The second kappa shape index (κ2) is 7.47. The first kappa shape index (κ1) is 14.3. The summed E-state index contributed by atoms with van der Waals surface area (Å²) in [6, 6.07) is 0. The van der Waals surface area contributed by atoms with Crippen molar-refractivity contribution in [3.05, 3.63) is 11.5 Å². The zero-order valence-corrected chi connectivity index (χ0v) is 11.9. The van der Waals surface area contributed by atoms with Crippen LogP contribution in [0.25, 0.3) is 0 Å². The van der Waals surface area contributed by atoms with Gasteiger partial charge in [-0.25, -0.2) is 9.97 Å². The molecule has 0 radical (unpaired) electrons. The van der Waals surface area contributed by atoms with E-state index in [1.54, 1.807) is 0 Å². The molecule has 1 aromatic heterocycles. The Morgan fingerprint density at radius 2 is 2.26 bits per heavy atom. The number of hydrogen-bond acceptors (Lipinski definition) is 6. The molecule has 0 spiro atoms. The number of ether oxygens (including phenoxy) is 1. The van der Waals surface area contributed by atoms with Crippen LogP contribution in [0.15, 0.2) is 6.33 Å². The zero-order valence-electron chi connectivity index (χ0n) is 11.2. The lowest BCUT2D eigenvalue weighted by Crippen LogP contribution is -2.31. The van der Waals surface area contributed by atoms with Gasteiger partial charge in [-0.05, 0) is 6.42 Å². The van der Waals surface area contributed by atoms with E-state index in [0.717, 1.165) is 57.3 Å². The predicted molar refractivity (Wildman–Crippen MR) is 77.0 cm³/mol. The molecule has 0 saturated carbocycles. The van der Waals surface area contributed by atoms with E-state index >= 15 is 0 Å². The molecule has 1 saturated heterocycles. The Labute approximate surface area is 118 Å². The highest BCUT2D eigenvalue weighted by Crippen LogP contribution is 2.24. The SMILES string of the molecule is CNc1c(Cl)ncnc1NCCN1CCCOCC1. The molecule has 1 aliphatic heterocycles. The largest absolute Gasteiger partial charge is 0.383 e. The minimum absolute atomic E-state index is 0.433. The van der Waals surface area contributed by atoms with E-state index in [2.05, 4.69) is 25.5 Å². The fraction of sp³-hybridized carbons (Fsp3) is 0.667. The van der Waals surface area contributed by atoms with Gasteiger partial charge in [0, 0.05) is 39.8 Å². The van der Waals surface area contributed by atoms with Crippen molar-refractivity contribution in [3.63, 3.8) is 0 Å². The van der Waals surface area contributed by atoms with Crippen LogP contribution in [0.1, 0.15) is 6.42 Å². The minimum atomic E-state index is 0.433. The third kappa shape index (κ3) is 4.19. The second-order valence-corrected chi connectivity index (χ2v) is 4.73. The molecule has 2 rings (SSSR count). The van der Waals surface area contributed by atoms with Crippen LogP contribution in [0.3, 0.4) is 0 Å². The third-order valence-corrected chi connectivity index (χ3v) is 3.37. The Hall–Kier alpha value is -1.11. The maximum atomic E-state index is 6.00. The number of rotatable bonds is 5. The number of nitrogens with one attached hydrogen (secondary N) is 2. The number of hydrogen-bond donors (Lipinski definition) is 2. The van der Waals surface area contributed by atoms with Crippen LogP contribution >= 0.6 is 11.6 Å². The molecule has 0 unspecified atom stereocenters. The topological polar surface area (TPSA) is 62.3 Å². The first-order valence-electron chi connectivity index (χ1n) is 6.53. The number of anilines is 2. The summed E-state index contributed by atoms with van der Waals surface area (Å²) in [6.07, 6.45) is 2.56. The van der Waals surface area contributed by atoms with Crippen molar-refractivity contribution in [3.8, 4) is 0 Å². The van der Waals surface area contributed by atoms with E-state index in [4.69, 9.17) is 16.3 Å². The van der Waals surface area contributed by atoms with E-state index in [1.807, 2.05) is 7.05 Å². The van der Waals surface area contributed by atoms with Crippen LogP contribution in [0, 0.1) is 0 Å².